The van der Waals surface area contributed by atoms with Crippen molar-refractivity contribution in [2.75, 3.05) is 36.0 Å². The SMILES string of the molecule is CCN(CC)c1nc(Cl)nc(N2CC(C)CC(C)C2)n1. The van der Waals surface area contributed by atoms with Crippen LogP contribution in [0.25, 0.3) is 0 Å². The first-order valence-electron chi connectivity index (χ1n) is 7.44. The van der Waals surface area contributed by atoms with E-state index in [0.29, 0.717) is 23.7 Å². The lowest BCUT2D eigenvalue weighted by Crippen LogP contribution is -2.40. The molecule has 0 saturated carbocycles. The molecular weight excluding hydrogens is 274 g/mol. The zero-order chi connectivity index (χ0) is 14.7. The Hall–Kier alpha value is -1.10. The van der Waals surface area contributed by atoms with E-state index in [0.717, 1.165) is 26.2 Å². The Balaban J connectivity index is 2.27. The fourth-order valence-electron chi connectivity index (χ4n) is 2.95. The van der Waals surface area contributed by atoms with Gasteiger partial charge in [0.15, 0.2) is 0 Å². The summed E-state index contributed by atoms with van der Waals surface area (Å²) in [5.74, 6) is 2.71. The van der Waals surface area contributed by atoms with E-state index < -0.39 is 0 Å². The normalized spacial score (nSPS) is 22.9. The van der Waals surface area contributed by atoms with Crippen LogP contribution in [0, 0.1) is 11.8 Å². The van der Waals surface area contributed by atoms with Crippen LogP contribution < -0.4 is 9.80 Å². The van der Waals surface area contributed by atoms with Crippen molar-refractivity contribution in [2.24, 2.45) is 11.8 Å². The molecule has 6 heteroatoms. The van der Waals surface area contributed by atoms with Crippen molar-refractivity contribution in [3.63, 3.8) is 0 Å². The van der Waals surface area contributed by atoms with Gasteiger partial charge in [-0.3, -0.25) is 0 Å². The van der Waals surface area contributed by atoms with Crippen LogP contribution in [0.15, 0.2) is 0 Å². The van der Waals surface area contributed by atoms with Crippen molar-refractivity contribution in [1.82, 2.24) is 15.0 Å². The minimum Gasteiger partial charge on any atom is -0.341 e. The third-order valence-electron chi connectivity index (χ3n) is 3.78. The van der Waals surface area contributed by atoms with E-state index in [9.17, 15) is 0 Å². The lowest BCUT2D eigenvalue weighted by molar-refractivity contribution is 0.353. The van der Waals surface area contributed by atoms with E-state index in [4.69, 9.17) is 11.6 Å². The van der Waals surface area contributed by atoms with Gasteiger partial charge in [-0.1, -0.05) is 13.8 Å². The molecule has 0 bridgehead atoms. The van der Waals surface area contributed by atoms with Crippen LogP contribution in [-0.4, -0.2) is 41.1 Å². The van der Waals surface area contributed by atoms with Crippen molar-refractivity contribution >= 4 is 23.5 Å². The van der Waals surface area contributed by atoms with Gasteiger partial charge in [0.2, 0.25) is 17.2 Å². The fraction of sp³-hybridized carbons (Fsp3) is 0.786. The molecular formula is C14H24ClN5. The molecule has 1 saturated heterocycles. The Morgan fingerprint density at radius 1 is 1.10 bits per heavy atom. The van der Waals surface area contributed by atoms with Gasteiger partial charge < -0.3 is 9.80 Å². The van der Waals surface area contributed by atoms with Gasteiger partial charge in [0.1, 0.15) is 0 Å². The average molecular weight is 298 g/mol. The minimum absolute atomic E-state index is 0.280. The number of aromatic nitrogens is 3. The number of halogens is 1. The fourth-order valence-corrected chi connectivity index (χ4v) is 3.10. The molecule has 2 rings (SSSR count). The summed E-state index contributed by atoms with van der Waals surface area (Å²) in [6, 6.07) is 0. The summed E-state index contributed by atoms with van der Waals surface area (Å²) in [7, 11) is 0. The highest BCUT2D eigenvalue weighted by molar-refractivity contribution is 6.28. The largest absolute Gasteiger partial charge is 0.341 e. The van der Waals surface area contributed by atoms with Crippen LogP contribution >= 0.6 is 11.6 Å². The molecule has 1 aliphatic rings. The molecule has 1 aromatic rings. The Labute approximate surface area is 126 Å². The third kappa shape index (κ3) is 3.51. The van der Waals surface area contributed by atoms with E-state index in [1.54, 1.807) is 0 Å². The molecule has 2 heterocycles. The van der Waals surface area contributed by atoms with Crippen LogP contribution in [-0.2, 0) is 0 Å². The smallest absolute Gasteiger partial charge is 0.231 e. The monoisotopic (exact) mass is 297 g/mol. The van der Waals surface area contributed by atoms with E-state index in [1.165, 1.54) is 6.42 Å². The molecule has 0 aliphatic carbocycles. The Morgan fingerprint density at radius 3 is 2.25 bits per heavy atom. The summed E-state index contributed by atoms with van der Waals surface area (Å²) in [6.45, 7) is 12.4. The van der Waals surface area contributed by atoms with Gasteiger partial charge in [-0.2, -0.15) is 15.0 Å². The van der Waals surface area contributed by atoms with Gasteiger partial charge >= 0.3 is 0 Å². The predicted octanol–water partition coefficient (Wildman–Crippen LogP) is 2.85. The van der Waals surface area contributed by atoms with Crippen molar-refractivity contribution in [1.29, 1.82) is 0 Å². The number of rotatable bonds is 4. The summed E-state index contributed by atoms with van der Waals surface area (Å²) < 4.78 is 0. The number of hydrogen-bond acceptors (Lipinski definition) is 5. The Bertz CT molecular complexity index is 439. The molecule has 0 amide bonds. The summed E-state index contributed by atoms with van der Waals surface area (Å²) in [4.78, 5) is 17.5. The highest BCUT2D eigenvalue weighted by Gasteiger charge is 2.24. The molecule has 112 valence electrons. The summed E-state index contributed by atoms with van der Waals surface area (Å²) in [5.41, 5.74) is 0. The molecule has 1 fully saturated rings. The number of anilines is 2. The number of hydrogen-bond donors (Lipinski definition) is 0. The Kier molecular flexibility index (Phi) is 5.02. The maximum absolute atomic E-state index is 6.08. The molecule has 2 unspecified atom stereocenters. The van der Waals surface area contributed by atoms with Gasteiger partial charge in [0, 0.05) is 26.2 Å². The number of nitrogens with zero attached hydrogens (tertiary/aromatic N) is 5. The molecule has 0 spiro atoms. The van der Waals surface area contributed by atoms with E-state index in [-0.39, 0.29) is 5.28 Å². The number of piperidine rings is 1. The van der Waals surface area contributed by atoms with Crippen LogP contribution in [0.4, 0.5) is 11.9 Å². The second-order valence-corrected chi connectivity index (χ2v) is 6.07. The van der Waals surface area contributed by atoms with Crippen molar-refractivity contribution < 1.29 is 0 Å². The zero-order valence-corrected chi connectivity index (χ0v) is 13.6. The summed E-state index contributed by atoms with van der Waals surface area (Å²) >= 11 is 6.08. The quantitative estimate of drug-likeness (QED) is 0.855. The molecule has 1 aliphatic heterocycles. The van der Waals surface area contributed by atoms with Crippen molar-refractivity contribution in [2.45, 2.75) is 34.1 Å². The minimum atomic E-state index is 0.280. The van der Waals surface area contributed by atoms with Crippen LogP contribution in [0.2, 0.25) is 5.28 Å². The molecule has 0 aromatic carbocycles. The molecule has 2 atom stereocenters. The lowest BCUT2D eigenvalue weighted by atomic mass is 9.92. The standard InChI is InChI=1S/C14H24ClN5/c1-5-19(6-2)13-16-12(15)17-14(18-13)20-8-10(3)7-11(4)9-20/h10-11H,5-9H2,1-4H3. The first-order chi connectivity index (χ1) is 9.53. The third-order valence-corrected chi connectivity index (χ3v) is 3.95. The van der Waals surface area contributed by atoms with Crippen molar-refractivity contribution in [3.8, 4) is 0 Å². The maximum atomic E-state index is 6.08. The van der Waals surface area contributed by atoms with Gasteiger partial charge in [-0.05, 0) is 43.7 Å². The molecule has 20 heavy (non-hydrogen) atoms. The highest BCUT2D eigenvalue weighted by atomic mass is 35.5. The average Bonchev–Trinajstić information content (AvgIpc) is 2.38. The molecule has 1 aromatic heterocycles. The second-order valence-electron chi connectivity index (χ2n) is 5.73. The van der Waals surface area contributed by atoms with Gasteiger partial charge in [0.05, 0.1) is 0 Å². The van der Waals surface area contributed by atoms with Crippen LogP contribution in [0.1, 0.15) is 34.1 Å². The molecule has 0 radical (unpaired) electrons. The second kappa shape index (κ2) is 6.57. The van der Waals surface area contributed by atoms with Crippen molar-refractivity contribution in [3.05, 3.63) is 5.28 Å². The first kappa shape index (κ1) is 15.3. The highest BCUT2D eigenvalue weighted by Crippen LogP contribution is 2.25. The summed E-state index contributed by atoms with van der Waals surface area (Å²) in [5, 5.41) is 0.280. The lowest BCUT2D eigenvalue weighted by Gasteiger charge is -2.35. The summed E-state index contributed by atoms with van der Waals surface area (Å²) in [6.07, 6.45) is 1.26. The van der Waals surface area contributed by atoms with E-state index in [1.807, 2.05) is 0 Å². The van der Waals surface area contributed by atoms with E-state index in [2.05, 4.69) is 52.4 Å². The van der Waals surface area contributed by atoms with Gasteiger partial charge in [0.25, 0.3) is 0 Å². The first-order valence-corrected chi connectivity index (χ1v) is 7.82. The van der Waals surface area contributed by atoms with E-state index >= 15 is 0 Å². The zero-order valence-electron chi connectivity index (χ0n) is 12.8. The van der Waals surface area contributed by atoms with Gasteiger partial charge in [-0.25, -0.2) is 0 Å². The maximum Gasteiger partial charge on any atom is 0.231 e. The molecule has 0 N–H and O–H groups in total. The van der Waals surface area contributed by atoms with Crippen LogP contribution in [0.3, 0.4) is 0 Å². The predicted molar refractivity (Wildman–Crippen MR) is 83.6 cm³/mol. The van der Waals surface area contributed by atoms with Crippen LogP contribution in [0.5, 0.6) is 0 Å². The Morgan fingerprint density at radius 2 is 1.70 bits per heavy atom. The topological polar surface area (TPSA) is 45.2 Å². The van der Waals surface area contributed by atoms with Gasteiger partial charge in [-0.15, -0.1) is 0 Å². The molecule has 5 nitrogen and oxygen atoms in total.